The SMILES string of the molecule is CCN(C(=O)CSCc1ccc(C#N)cc1)c1ccccc1. The molecule has 2 rings (SSSR count). The first kappa shape index (κ1) is 16.1. The van der Waals surface area contributed by atoms with Crippen LogP contribution in [0.2, 0.25) is 0 Å². The Labute approximate surface area is 135 Å². The van der Waals surface area contributed by atoms with Crippen LogP contribution in [0.3, 0.4) is 0 Å². The Morgan fingerprint density at radius 3 is 2.41 bits per heavy atom. The van der Waals surface area contributed by atoms with Gasteiger partial charge in [0.1, 0.15) is 0 Å². The second-order valence-corrected chi connectivity index (χ2v) is 5.76. The topological polar surface area (TPSA) is 44.1 Å². The molecule has 0 unspecified atom stereocenters. The quantitative estimate of drug-likeness (QED) is 0.814. The van der Waals surface area contributed by atoms with E-state index in [-0.39, 0.29) is 5.91 Å². The Bertz CT molecular complexity index is 647. The van der Waals surface area contributed by atoms with Crippen molar-refractivity contribution >= 4 is 23.4 Å². The minimum absolute atomic E-state index is 0.118. The van der Waals surface area contributed by atoms with Crippen LogP contribution >= 0.6 is 11.8 Å². The lowest BCUT2D eigenvalue weighted by atomic mass is 10.2. The molecule has 0 radical (unpaired) electrons. The van der Waals surface area contributed by atoms with E-state index in [0.717, 1.165) is 17.0 Å². The van der Waals surface area contributed by atoms with E-state index in [1.807, 2.05) is 49.4 Å². The lowest BCUT2D eigenvalue weighted by molar-refractivity contribution is -0.116. The van der Waals surface area contributed by atoms with Gasteiger partial charge in [0.15, 0.2) is 0 Å². The van der Waals surface area contributed by atoms with Gasteiger partial charge in [-0.15, -0.1) is 11.8 Å². The van der Waals surface area contributed by atoms with Crippen LogP contribution in [0.25, 0.3) is 0 Å². The van der Waals surface area contributed by atoms with Crippen molar-refractivity contribution in [2.75, 3.05) is 17.2 Å². The summed E-state index contributed by atoms with van der Waals surface area (Å²) in [5.74, 6) is 1.33. The maximum atomic E-state index is 12.3. The van der Waals surface area contributed by atoms with Gasteiger partial charge in [0.25, 0.3) is 0 Å². The molecule has 2 aromatic rings. The second-order valence-electron chi connectivity index (χ2n) is 4.78. The van der Waals surface area contributed by atoms with Crippen LogP contribution in [0.1, 0.15) is 18.1 Å². The molecule has 0 saturated carbocycles. The Balaban J connectivity index is 1.87. The first-order valence-electron chi connectivity index (χ1n) is 7.16. The second kappa shape index (κ2) is 8.26. The van der Waals surface area contributed by atoms with E-state index in [1.165, 1.54) is 0 Å². The van der Waals surface area contributed by atoms with Crippen LogP contribution in [0.5, 0.6) is 0 Å². The minimum Gasteiger partial charge on any atom is -0.312 e. The number of thioether (sulfide) groups is 1. The third-order valence-corrected chi connectivity index (χ3v) is 4.25. The summed E-state index contributed by atoms with van der Waals surface area (Å²) in [7, 11) is 0. The molecule has 0 N–H and O–H groups in total. The van der Waals surface area contributed by atoms with E-state index in [2.05, 4.69) is 6.07 Å². The zero-order valence-electron chi connectivity index (χ0n) is 12.5. The number of carbonyl (C=O) groups excluding carboxylic acids is 1. The van der Waals surface area contributed by atoms with Gasteiger partial charge in [-0.1, -0.05) is 30.3 Å². The highest BCUT2D eigenvalue weighted by atomic mass is 32.2. The largest absolute Gasteiger partial charge is 0.312 e. The van der Waals surface area contributed by atoms with Gasteiger partial charge < -0.3 is 4.90 Å². The van der Waals surface area contributed by atoms with E-state index in [0.29, 0.717) is 17.9 Å². The lowest BCUT2D eigenvalue weighted by Crippen LogP contribution is -2.32. The van der Waals surface area contributed by atoms with Crippen LogP contribution < -0.4 is 4.90 Å². The monoisotopic (exact) mass is 310 g/mol. The van der Waals surface area contributed by atoms with E-state index < -0.39 is 0 Å². The number of para-hydroxylation sites is 1. The Morgan fingerprint density at radius 2 is 1.82 bits per heavy atom. The van der Waals surface area contributed by atoms with Crippen molar-refractivity contribution in [3.8, 4) is 6.07 Å². The van der Waals surface area contributed by atoms with Gasteiger partial charge in [0.2, 0.25) is 5.91 Å². The van der Waals surface area contributed by atoms with E-state index >= 15 is 0 Å². The molecule has 1 amide bonds. The van der Waals surface area contributed by atoms with Gasteiger partial charge in [0, 0.05) is 18.0 Å². The molecule has 0 bridgehead atoms. The van der Waals surface area contributed by atoms with Crippen molar-refractivity contribution in [3.63, 3.8) is 0 Å². The molecule has 2 aromatic carbocycles. The average Bonchev–Trinajstić information content (AvgIpc) is 2.57. The third kappa shape index (κ3) is 4.37. The van der Waals surface area contributed by atoms with Gasteiger partial charge in [-0.25, -0.2) is 0 Å². The normalized spacial score (nSPS) is 10.0. The first-order chi connectivity index (χ1) is 10.7. The van der Waals surface area contributed by atoms with Crippen LogP contribution in [-0.2, 0) is 10.5 Å². The Morgan fingerprint density at radius 1 is 1.14 bits per heavy atom. The molecule has 0 heterocycles. The minimum atomic E-state index is 0.118. The number of nitrogens with zero attached hydrogens (tertiary/aromatic N) is 2. The number of amides is 1. The van der Waals surface area contributed by atoms with Crippen LogP contribution in [-0.4, -0.2) is 18.2 Å². The van der Waals surface area contributed by atoms with Crippen LogP contribution in [0.15, 0.2) is 54.6 Å². The van der Waals surface area contributed by atoms with Crippen molar-refractivity contribution in [2.45, 2.75) is 12.7 Å². The molecular weight excluding hydrogens is 292 g/mol. The maximum absolute atomic E-state index is 12.3. The molecule has 0 saturated heterocycles. The van der Waals surface area contributed by atoms with Gasteiger partial charge in [-0.05, 0) is 36.8 Å². The fourth-order valence-corrected chi connectivity index (χ4v) is 2.98. The fourth-order valence-electron chi connectivity index (χ4n) is 2.12. The molecular formula is C18H18N2OS. The molecule has 3 nitrogen and oxygen atoms in total. The van der Waals surface area contributed by atoms with Crippen molar-refractivity contribution < 1.29 is 4.79 Å². The highest BCUT2D eigenvalue weighted by Crippen LogP contribution is 2.17. The first-order valence-corrected chi connectivity index (χ1v) is 8.32. The van der Waals surface area contributed by atoms with Gasteiger partial charge >= 0.3 is 0 Å². The van der Waals surface area contributed by atoms with E-state index in [1.54, 1.807) is 28.8 Å². The molecule has 112 valence electrons. The van der Waals surface area contributed by atoms with Gasteiger partial charge in [0.05, 0.1) is 17.4 Å². The molecule has 0 aliphatic carbocycles. The smallest absolute Gasteiger partial charge is 0.236 e. The molecule has 0 spiro atoms. The zero-order chi connectivity index (χ0) is 15.8. The molecule has 0 aliphatic heterocycles. The molecule has 4 heteroatoms. The molecule has 22 heavy (non-hydrogen) atoms. The van der Waals surface area contributed by atoms with Crippen molar-refractivity contribution in [1.29, 1.82) is 5.26 Å². The average molecular weight is 310 g/mol. The number of benzene rings is 2. The number of hydrogen-bond acceptors (Lipinski definition) is 3. The van der Waals surface area contributed by atoms with Crippen LogP contribution in [0, 0.1) is 11.3 Å². The van der Waals surface area contributed by atoms with E-state index in [4.69, 9.17) is 5.26 Å². The highest BCUT2D eigenvalue weighted by Gasteiger charge is 2.13. The summed E-state index contributed by atoms with van der Waals surface area (Å²) in [5.41, 5.74) is 2.72. The van der Waals surface area contributed by atoms with Crippen molar-refractivity contribution in [3.05, 3.63) is 65.7 Å². The summed E-state index contributed by atoms with van der Waals surface area (Å²) in [6.45, 7) is 2.65. The predicted molar refractivity (Wildman–Crippen MR) is 91.8 cm³/mol. The number of hydrogen-bond donors (Lipinski definition) is 0. The summed E-state index contributed by atoms with van der Waals surface area (Å²) in [6.07, 6.45) is 0. The molecule has 0 aliphatic rings. The summed E-state index contributed by atoms with van der Waals surface area (Å²) in [4.78, 5) is 14.1. The number of nitriles is 1. The molecule has 0 aromatic heterocycles. The maximum Gasteiger partial charge on any atom is 0.236 e. The molecule has 0 fully saturated rings. The van der Waals surface area contributed by atoms with Crippen molar-refractivity contribution in [1.82, 2.24) is 0 Å². The van der Waals surface area contributed by atoms with E-state index in [9.17, 15) is 4.79 Å². The summed E-state index contributed by atoms with van der Waals surface area (Å²) in [5, 5.41) is 8.77. The summed E-state index contributed by atoms with van der Waals surface area (Å²) < 4.78 is 0. The Kier molecular flexibility index (Phi) is 6.05. The summed E-state index contributed by atoms with van der Waals surface area (Å²) >= 11 is 1.59. The number of carbonyl (C=O) groups is 1. The van der Waals surface area contributed by atoms with Gasteiger partial charge in [-0.2, -0.15) is 5.26 Å². The lowest BCUT2D eigenvalue weighted by Gasteiger charge is -2.20. The highest BCUT2D eigenvalue weighted by molar-refractivity contribution is 7.99. The number of anilines is 1. The van der Waals surface area contributed by atoms with Gasteiger partial charge in [-0.3, -0.25) is 4.79 Å². The molecule has 0 atom stereocenters. The third-order valence-electron chi connectivity index (χ3n) is 3.26. The fraction of sp³-hybridized carbons (Fsp3) is 0.222. The Hall–Kier alpha value is -2.25. The van der Waals surface area contributed by atoms with Crippen molar-refractivity contribution in [2.24, 2.45) is 0 Å². The number of rotatable bonds is 6. The predicted octanol–water partition coefficient (Wildman–Crippen LogP) is 3.84. The standard InChI is InChI=1S/C18H18N2OS/c1-2-20(17-6-4-3-5-7-17)18(21)14-22-13-16-10-8-15(12-19)9-11-16/h3-11H,2,13-14H2,1H3. The van der Waals surface area contributed by atoms with Crippen LogP contribution in [0.4, 0.5) is 5.69 Å². The zero-order valence-corrected chi connectivity index (χ0v) is 13.3. The summed E-state index contributed by atoms with van der Waals surface area (Å²) in [6, 6.07) is 19.3.